The van der Waals surface area contributed by atoms with Crippen molar-refractivity contribution < 1.29 is 4.42 Å². The van der Waals surface area contributed by atoms with Gasteiger partial charge in [0.15, 0.2) is 5.58 Å². The fourth-order valence-electron chi connectivity index (χ4n) is 8.45. The highest BCUT2D eigenvalue weighted by molar-refractivity contribution is 6.19. The Kier molecular flexibility index (Phi) is 7.17. The van der Waals surface area contributed by atoms with Crippen LogP contribution in [0.4, 0.5) is 17.1 Å². The van der Waals surface area contributed by atoms with Crippen LogP contribution in [0.2, 0.25) is 0 Å². The molecule has 0 amide bonds. The number of furan rings is 1. The van der Waals surface area contributed by atoms with Crippen LogP contribution < -0.4 is 4.90 Å². The molecule has 0 spiro atoms. The maximum Gasteiger partial charge on any atom is 0.159 e. The highest BCUT2D eigenvalue weighted by Crippen LogP contribution is 2.46. The van der Waals surface area contributed by atoms with Crippen molar-refractivity contribution in [1.82, 2.24) is 4.57 Å². The Morgan fingerprint density at radius 2 is 1.05 bits per heavy atom. The molecule has 2 heterocycles. The molecule has 11 rings (SSSR count). The fraction of sp³-hybridized carbons (Fsp3) is 0. The molecular weight excluding hydrogens is 669 g/mol. The molecule has 0 saturated carbocycles. The molecule has 0 aliphatic carbocycles. The minimum atomic E-state index is 0.863. The second-order valence-corrected chi connectivity index (χ2v) is 14.1. The molecule has 2 aromatic heterocycles. The van der Waals surface area contributed by atoms with E-state index in [4.69, 9.17) is 4.42 Å². The van der Waals surface area contributed by atoms with Gasteiger partial charge in [0.25, 0.3) is 0 Å². The van der Waals surface area contributed by atoms with Crippen LogP contribution in [0.1, 0.15) is 0 Å². The molecule has 11 aromatic rings. The first-order valence-electron chi connectivity index (χ1n) is 18.8. The second kappa shape index (κ2) is 12.6. The minimum Gasteiger partial charge on any atom is -0.454 e. The number of para-hydroxylation sites is 4. The van der Waals surface area contributed by atoms with Crippen LogP contribution in [0.3, 0.4) is 0 Å². The molecule has 0 fully saturated rings. The molecule has 258 valence electrons. The fourth-order valence-corrected chi connectivity index (χ4v) is 8.45. The summed E-state index contributed by atoms with van der Waals surface area (Å²) in [6.45, 7) is 0. The quantitative estimate of drug-likeness (QED) is 0.172. The molecule has 0 atom stereocenters. The normalized spacial score (nSPS) is 11.6. The first-order valence-corrected chi connectivity index (χ1v) is 18.8. The smallest absolute Gasteiger partial charge is 0.159 e. The number of hydrogen-bond acceptors (Lipinski definition) is 2. The topological polar surface area (TPSA) is 21.3 Å². The van der Waals surface area contributed by atoms with Crippen molar-refractivity contribution in [2.45, 2.75) is 0 Å². The van der Waals surface area contributed by atoms with Gasteiger partial charge in [0.05, 0.1) is 22.4 Å². The highest BCUT2D eigenvalue weighted by atomic mass is 16.3. The zero-order valence-corrected chi connectivity index (χ0v) is 29.9. The van der Waals surface area contributed by atoms with E-state index in [9.17, 15) is 0 Å². The summed E-state index contributed by atoms with van der Waals surface area (Å²) < 4.78 is 9.07. The lowest BCUT2D eigenvalue weighted by Crippen LogP contribution is -2.11. The Bertz CT molecular complexity index is 3190. The van der Waals surface area contributed by atoms with Crippen LogP contribution in [0.15, 0.2) is 211 Å². The summed E-state index contributed by atoms with van der Waals surface area (Å²) in [6, 6.07) is 73.8. The van der Waals surface area contributed by atoms with Gasteiger partial charge in [-0.05, 0) is 70.6 Å². The Balaban J connectivity index is 1.09. The lowest BCUT2D eigenvalue weighted by Gasteiger charge is -2.28. The summed E-state index contributed by atoms with van der Waals surface area (Å²) in [5, 5.41) is 7.20. The standard InChI is InChI=1S/C52H34N2O/c1-3-14-36(15-4-1)41-19-9-11-23-47(41)53(48-24-13-22-46-44-21-10-12-25-50(44)55-52(46)48)40-30-26-35(27-31-40)38-29-32-43-45-33-28-37-16-7-8-20-42(37)51(45)54(49(43)34-38)39-17-5-2-6-18-39/h1-34H. The van der Waals surface area contributed by atoms with Gasteiger partial charge in [-0.3, -0.25) is 0 Å². The van der Waals surface area contributed by atoms with Crippen LogP contribution in [0.5, 0.6) is 0 Å². The molecule has 0 radical (unpaired) electrons. The predicted octanol–water partition coefficient (Wildman–Crippen LogP) is 14.6. The van der Waals surface area contributed by atoms with E-state index in [0.29, 0.717) is 0 Å². The van der Waals surface area contributed by atoms with E-state index < -0.39 is 0 Å². The summed E-state index contributed by atoms with van der Waals surface area (Å²) in [7, 11) is 0. The third-order valence-corrected chi connectivity index (χ3v) is 11.0. The zero-order chi connectivity index (χ0) is 36.3. The van der Waals surface area contributed by atoms with Gasteiger partial charge in [0, 0.05) is 43.9 Å². The molecule has 0 unspecified atom stereocenters. The average molecular weight is 703 g/mol. The van der Waals surface area contributed by atoms with Crippen LogP contribution >= 0.6 is 0 Å². The summed E-state index contributed by atoms with van der Waals surface area (Å²) in [6.07, 6.45) is 0. The van der Waals surface area contributed by atoms with Crippen LogP contribution in [-0.4, -0.2) is 4.57 Å². The molecule has 0 aliphatic heterocycles. The first kappa shape index (κ1) is 31.2. The number of benzene rings is 9. The lowest BCUT2D eigenvalue weighted by molar-refractivity contribution is 0.669. The van der Waals surface area contributed by atoms with Crippen LogP contribution in [0, 0.1) is 0 Å². The number of fused-ring (bicyclic) bond motifs is 8. The van der Waals surface area contributed by atoms with Gasteiger partial charge in [-0.15, -0.1) is 0 Å². The van der Waals surface area contributed by atoms with Gasteiger partial charge in [-0.2, -0.15) is 0 Å². The van der Waals surface area contributed by atoms with E-state index in [2.05, 4.69) is 204 Å². The van der Waals surface area contributed by atoms with Crippen molar-refractivity contribution in [3.05, 3.63) is 206 Å². The number of rotatable bonds is 6. The van der Waals surface area contributed by atoms with E-state index in [1.54, 1.807) is 0 Å². The average Bonchev–Trinajstić information content (AvgIpc) is 3.81. The highest BCUT2D eigenvalue weighted by Gasteiger charge is 2.22. The predicted molar refractivity (Wildman–Crippen MR) is 231 cm³/mol. The van der Waals surface area contributed by atoms with Gasteiger partial charge < -0.3 is 13.9 Å². The van der Waals surface area contributed by atoms with Crippen molar-refractivity contribution in [2.24, 2.45) is 0 Å². The zero-order valence-electron chi connectivity index (χ0n) is 29.9. The molecule has 0 aliphatic rings. The lowest BCUT2D eigenvalue weighted by atomic mass is 10.00. The van der Waals surface area contributed by atoms with Crippen LogP contribution in [0.25, 0.3) is 82.5 Å². The molecular formula is C52H34N2O. The van der Waals surface area contributed by atoms with Crippen molar-refractivity contribution in [1.29, 1.82) is 0 Å². The molecule has 0 saturated heterocycles. The van der Waals surface area contributed by atoms with Gasteiger partial charge in [0.2, 0.25) is 0 Å². The van der Waals surface area contributed by atoms with Crippen molar-refractivity contribution in [3.8, 4) is 27.9 Å². The monoisotopic (exact) mass is 702 g/mol. The molecule has 3 heteroatoms. The Morgan fingerprint density at radius 1 is 0.400 bits per heavy atom. The van der Waals surface area contributed by atoms with E-state index in [1.807, 2.05) is 12.1 Å². The maximum atomic E-state index is 6.64. The molecule has 9 aromatic carbocycles. The van der Waals surface area contributed by atoms with Gasteiger partial charge >= 0.3 is 0 Å². The Hall–Kier alpha value is -7.36. The third-order valence-electron chi connectivity index (χ3n) is 11.0. The van der Waals surface area contributed by atoms with Crippen molar-refractivity contribution in [3.63, 3.8) is 0 Å². The Morgan fingerprint density at radius 3 is 1.91 bits per heavy atom. The summed E-state index contributed by atoms with van der Waals surface area (Å²) in [5.74, 6) is 0. The molecule has 0 bridgehead atoms. The summed E-state index contributed by atoms with van der Waals surface area (Å²) in [5.41, 5.74) is 13.1. The first-order chi connectivity index (χ1) is 27.3. The summed E-state index contributed by atoms with van der Waals surface area (Å²) >= 11 is 0. The molecule has 3 nitrogen and oxygen atoms in total. The van der Waals surface area contributed by atoms with E-state index in [-0.39, 0.29) is 0 Å². The molecule has 0 N–H and O–H groups in total. The van der Waals surface area contributed by atoms with Gasteiger partial charge in [-0.25, -0.2) is 0 Å². The van der Waals surface area contributed by atoms with E-state index >= 15 is 0 Å². The third kappa shape index (κ3) is 5.05. The van der Waals surface area contributed by atoms with Gasteiger partial charge in [-0.1, -0.05) is 158 Å². The largest absolute Gasteiger partial charge is 0.454 e. The SMILES string of the molecule is c1ccc(-c2ccccc2N(c2ccc(-c3ccc4c5ccc6ccccc6c5n(-c5ccccc5)c4c3)cc2)c2cccc3c2oc2ccccc23)cc1. The maximum absolute atomic E-state index is 6.64. The number of nitrogens with zero attached hydrogens (tertiary/aromatic N) is 2. The number of hydrogen-bond donors (Lipinski definition) is 0. The van der Waals surface area contributed by atoms with Crippen molar-refractivity contribution >= 4 is 71.6 Å². The van der Waals surface area contributed by atoms with Gasteiger partial charge in [0.1, 0.15) is 5.58 Å². The molecule has 55 heavy (non-hydrogen) atoms. The number of anilines is 3. The van der Waals surface area contributed by atoms with E-state index in [1.165, 1.54) is 38.1 Å². The Labute approximate surface area is 318 Å². The number of aromatic nitrogens is 1. The van der Waals surface area contributed by atoms with Crippen molar-refractivity contribution in [2.75, 3.05) is 4.90 Å². The van der Waals surface area contributed by atoms with Crippen LogP contribution in [-0.2, 0) is 0 Å². The van der Waals surface area contributed by atoms with E-state index in [0.717, 1.165) is 61.4 Å². The summed E-state index contributed by atoms with van der Waals surface area (Å²) in [4.78, 5) is 2.35. The second-order valence-electron chi connectivity index (χ2n) is 14.1. The minimum absolute atomic E-state index is 0.863.